The number of piperazine rings is 1. The minimum absolute atomic E-state index is 0.473. The number of aromatic nitrogens is 1. The molecule has 72 valence electrons. The molecule has 2 rings (SSSR count). The Labute approximate surface area is 80.7 Å². The lowest BCUT2D eigenvalue weighted by molar-refractivity contribution is -0.138. The van der Waals surface area contributed by atoms with Gasteiger partial charge in [-0.15, -0.1) is 0 Å². The topological polar surface area (TPSA) is 62.3 Å². The highest BCUT2D eigenvalue weighted by Crippen LogP contribution is 2.10. The lowest BCUT2D eigenvalue weighted by atomic mass is 10.3. The van der Waals surface area contributed by atoms with Gasteiger partial charge in [-0.1, -0.05) is 6.07 Å². The van der Waals surface area contributed by atoms with Crippen LogP contribution in [0.3, 0.4) is 0 Å². The minimum Gasteiger partial charge on any atom is -0.346 e. The Bertz CT molecular complexity index is 364. The fourth-order valence-electron chi connectivity index (χ4n) is 1.31. The van der Waals surface area contributed by atoms with Crippen molar-refractivity contribution in [1.29, 1.82) is 0 Å². The number of carbonyl (C=O) groups is 2. The maximum absolute atomic E-state index is 11.4. The van der Waals surface area contributed by atoms with Crippen molar-refractivity contribution in [2.24, 2.45) is 0 Å². The van der Waals surface area contributed by atoms with Crippen LogP contribution in [0.15, 0.2) is 24.4 Å². The number of amides is 2. The number of hydrogen-bond acceptors (Lipinski definition) is 3. The molecule has 0 radical (unpaired) electrons. The van der Waals surface area contributed by atoms with Crippen molar-refractivity contribution in [3.63, 3.8) is 0 Å². The van der Waals surface area contributed by atoms with Crippen LogP contribution in [-0.4, -0.2) is 29.9 Å². The molecule has 1 aliphatic rings. The van der Waals surface area contributed by atoms with Crippen molar-refractivity contribution in [2.45, 2.75) is 0 Å². The molecule has 5 heteroatoms. The SMILES string of the molecule is O=C1NCCN(c2ccccn2)C1=O. The Morgan fingerprint density at radius 1 is 1.36 bits per heavy atom. The van der Waals surface area contributed by atoms with Crippen molar-refractivity contribution in [3.8, 4) is 0 Å². The molecule has 1 N–H and O–H groups in total. The van der Waals surface area contributed by atoms with E-state index in [0.29, 0.717) is 18.9 Å². The summed E-state index contributed by atoms with van der Waals surface area (Å²) in [5.41, 5.74) is 0. The first kappa shape index (κ1) is 8.68. The summed E-state index contributed by atoms with van der Waals surface area (Å²) in [5.74, 6) is -0.593. The second kappa shape index (κ2) is 3.45. The predicted octanol–water partition coefficient (Wildman–Crippen LogP) is -0.456. The highest BCUT2D eigenvalue weighted by Gasteiger charge is 2.27. The average molecular weight is 191 g/mol. The summed E-state index contributed by atoms with van der Waals surface area (Å²) in [5, 5.41) is 2.47. The van der Waals surface area contributed by atoms with Gasteiger partial charge in [0.2, 0.25) is 0 Å². The summed E-state index contributed by atoms with van der Waals surface area (Å²) in [6.45, 7) is 0.947. The number of carbonyl (C=O) groups excluding carboxylic acids is 2. The molecule has 0 saturated carbocycles. The van der Waals surface area contributed by atoms with E-state index in [1.165, 1.54) is 4.90 Å². The van der Waals surface area contributed by atoms with Crippen LogP contribution in [0.5, 0.6) is 0 Å². The van der Waals surface area contributed by atoms with Gasteiger partial charge in [0.15, 0.2) is 0 Å². The van der Waals surface area contributed by atoms with E-state index >= 15 is 0 Å². The van der Waals surface area contributed by atoms with Gasteiger partial charge in [-0.05, 0) is 12.1 Å². The standard InChI is InChI=1S/C9H9N3O2/c13-8-9(14)12(6-5-11-8)7-3-1-2-4-10-7/h1-4H,5-6H2,(H,11,13). The van der Waals surface area contributed by atoms with E-state index < -0.39 is 11.8 Å². The Morgan fingerprint density at radius 3 is 2.93 bits per heavy atom. The summed E-state index contributed by atoms with van der Waals surface area (Å²) in [6.07, 6.45) is 1.59. The van der Waals surface area contributed by atoms with E-state index in [1.54, 1.807) is 24.4 Å². The molecule has 0 unspecified atom stereocenters. The maximum atomic E-state index is 11.4. The average Bonchev–Trinajstić information content (AvgIpc) is 2.23. The van der Waals surface area contributed by atoms with Crippen LogP contribution in [0.1, 0.15) is 0 Å². The molecule has 5 nitrogen and oxygen atoms in total. The zero-order valence-corrected chi connectivity index (χ0v) is 7.43. The third-order valence-corrected chi connectivity index (χ3v) is 1.99. The van der Waals surface area contributed by atoms with Crippen LogP contribution < -0.4 is 10.2 Å². The molecule has 0 aromatic carbocycles. The fourth-order valence-corrected chi connectivity index (χ4v) is 1.31. The second-order valence-corrected chi connectivity index (χ2v) is 2.90. The summed E-state index contributed by atoms with van der Waals surface area (Å²) in [4.78, 5) is 27.8. The molecule has 1 aromatic heterocycles. The zero-order chi connectivity index (χ0) is 9.97. The fraction of sp³-hybridized carbons (Fsp3) is 0.222. The molecule has 2 amide bonds. The second-order valence-electron chi connectivity index (χ2n) is 2.90. The van der Waals surface area contributed by atoms with Crippen molar-refractivity contribution >= 4 is 17.6 Å². The smallest absolute Gasteiger partial charge is 0.317 e. The molecule has 1 aromatic rings. The molecular formula is C9H9N3O2. The van der Waals surface area contributed by atoms with Gasteiger partial charge in [0.25, 0.3) is 0 Å². The van der Waals surface area contributed by atoms with Crippen molar-refractivity contribution in [2.75, 3.05) is 18.0 Å². The van der Waals surface area contributed by atoms with E-state index in [4.69, 9.17) is 0 Å². The molecule has 1 aliphatic heterocycles. The van der Waals surface area contributed by atoms with Crippen LogP contribution in [0.25, 0.3) is 0 Å². The summed E-state index contributed by atoms with van der Waals surface area (Å²) >= 11 is 0. The van der Waals surface area contributed by atoms with Gasteiger partial charge >= 0.3 is 11.8 Å². The van der Waals surface area contributed by atoms with Gasteiger partial charge in [0.05, 0.1) is 0 Å². The number of pyridine rings is 1. The summed E-state index contributed by atoms with van der Waals surface area (Å²) < 4.78 is 0. The molecule has 0 atom stereocenters. The van der Waals surface area contributed by atoms with Gasteiger partial charge in [-0.2, -0.15) is 0 Å². The van der Waals surface area contributed by atoms with E-state index in [9.17, 15) is 9.59 Å². The summed E-state index contributed by atoms with van der Waals surface area (Å²) in [7, 11) is 0. The van der Waals surface area contributed by atoms with Gasteiger partial charge in [-0.25, -0.2) is 4.98 Å². The van der Waals surface area contributed by atoms with Gasteiger partial charge in [-0.3, -0.25) is 14.5 Å². The molecule has 14 heavy (non-hydrogen) atoms. The number of nitrogens with one attached hydrogen (secondary N) is 1. The molecule has 1 fully saturated rings. The quantitative estimate of drug-likeness (QED) is 0.611. The van der Waals surface area contributed by atoms with Crippen LogP contribution in [0.2, 0.25) is 0 Å². The predicted molar refractivity (Wildman–Crippen MR) is 49.6 cm³/mol. The number of nitrogens with zero attached hydrogens (tertiary/aromatic N) is 2. The van der Waals surface area contributed by atoms with E-state index in [2.05, 4.69) is 10.3 Å². The van der Waals surface area contributed by atoms with Gasteiger partial charge in [0, 0.05) is 19.3 Å². The summed E-state index contributed by atoms with van der Waals surface area (Å²) in [6, 6.07) is 5.25. The lowest BCUT2D eigenvalue weighted by Gasteiger charge is -2.25. The van der Waals surface area contributed by atoms with Gasteiger partial charge in [0.1, 0.15) is 5.82 Å². The monoisotopic (exact) mass is 191 g/mol. The number of rotatable bonds is 1. The van der Waals surface area contributed by atoms with Crippen molar-refractivity contribution in [3.05, 3.63) is 24.4 Å². The molecule has 0 bridgehead atoms. The molecular weight excluding hydrogens is 182 g/mol. The third-order valence-electron chi connectivity index (χ3n) is 1.99. The molecule has 0 aliphatic carbocycles. The molecule has 2 heterocycles. The highest BCUT2D eigenvalue weighted by atomic mass is 16.2. The Hall–Kier alpha value is -1.91. The first-order valence-electron chi connectivity index (χ1n) is 4.30. The number of anilines is 1. The van der Waals surface area contributed by atoms with Crippen LogP contribution >= 0.6 is 0 Å². The maximum Gasteiger partial charge on any atom is 0.317 e. The van der Waals surface area contributed by atoms with Crippen molar-refractivity contribution < 1.29 is 9.59 Å². The van der Waals surface area contributed by atoms with Crippen LogP contribution in [0.4, 0.5) is 5.82 Å². The van der Waals surface area contributed by atoms with Crippen LogP contribution in [0, 0.1) is 0 Å². The number of hydrogen-bond donors (Lipinski definition) is 1. The van der Waals surface area contributed by atoms with Gasteiger partial charge < -0.3 is 5.32 Å². The first-order valence-corrected chi connectivity index (χ1v) is 4.30. The highest BCUT2D eigenvalue weighted by molar-refractivity contribution is 6.40. The Morgan fingerprint density at radius 2 is 2.21 bits per heavy atom. The van der Waals surface area contributed by atoms with Crippen LogP contribution in [-0.2, 0) is 9.59 Å². The Kier molecular flexibility index (Phi) is 2.14. The first-order chi connectivity index (χ1) is 6.79. The van der Waals surface area contributed by atoms with E-state index in [0.717, 1.165) is 0 Å². The largest absolute Gasteiger partial charge is 0.346 e. The lowest BCUT2D eigenvalue weighted by Crippen LogP contribution is -2.52. The molecule has 0 spiro atoms. The third kappa shape index (κ3) is 1.44. The minimum atomic E-state index is -0.568. The Balaban J connectivity index is 2.26. The van der Waals surface area contributed by atoms with E-state index in [-0.39, 0.29) is 0 Å². The zero-order valence-electron chi connectivity index (χ0n) is 7.43. The normalized spacial score (nSPS) is 16.7. The molecule has 1 saturated heterocycles. The van der Waals surface area contributed by atoms with Crippen molar-refractivity contribution in [1.82, 2.24) is 10.3 Å². The van der Waals surface area contributed by atoms with E-state index in [1.807, 2.05) is 0 Å².